The number of rotatable bonds is 4. The topological polar surface area (TPSA) is 71.4 Å². The quantitative estimate of drug-likeness (QED) is 0.637. The molecule has 1 aliphatic heterocycles. The van der Waals surface area contributed by atoms with E-state index in [1.807, 2.05) is 12.1 Å². The van der Waals surface area contributed by atoms with Crippen molar-refractivity contribution < 1.29 is 22.7 Å². The van der Waals surface area contributed by atoms with Gasteiger partial charge in [0.05, 0.1) is 12.2 Å². The van der Waals surface area contributed by atoms with Crippen LogP contribution in [0.3, 0.4) is 0 Å². The van der Waals surface area contributed by atoms with Crippen molar-refractivity contribution in [2.24, 2.45) is 0 Å². The third-order valence-electron chi connectivity index (χ3n) is 5.06. The van der Waals surface area contributed by atoms with Crippen LogP contribution in [0.2, 0.25) is 0 Å². The molecule has 1 aromatic carbocycles. The highest BCUT2D eigenvalue weighted by atomic mass is 32.2. The summed E-state index contributed by atoms with van der Waals surface area (Å²) >= 11 is 2.77. The zero-order chi connectivity index (χ0) is 19.2. The highest BCUT2D eigenvalue weighted by molar-refractivity contribution is 7.92. The lowest BCUT2D eigenvalue weighted by atomic mass is 9.95. The molecule has 8 heteroatoms. The lowest BCUT2D eigenvalue weighted by Gasteiger charge is -2.34. The van der Waals surface area contributed by atoms with Crippen LogP contribution in [0.5, 0.6) is 0 Å². The molecule has 1 unspecified atom stereocenters. The van der Waals surface area contributed by atoms with Crippen LogP contribution in [0.25, 0.3) is 19.8 Å². The Morgan fingerprint density at radius 1 is 1.11 bits per heavy atom. The lowest BCUT2D eigenvalue weighted by Crippen LogP contribution is -2.41. The number of hydrogen-bond acceptors (Lipinski definition) is 5. The van der Waals surface area contributed by atoms with E-state index in [-0.39, 0.29) is 11.6 Å². The molecule has 1 saturated heterocycles. The molecule has 0 bridgehead atoms. The maximum absolute atomic E-state index is 13.4. The Balaban J connectivity index is 1.79. The van der Waals surface area contributed by atoms with E-state index in [9.17, 15) is 22.7 Å². The van der Waals surface area contributed by atoms with Crippen LogP contribution in [-0.4, -0.2) is 25.2 Å². The first-order chi connectivity index (χ1) is 12.8. The van der Waals surface area contributed by atoms with E-state index in [1.54, 1.807) is 12.1 Å². The van der Waals surface area contributed by atoms with Gasteiger partial charge in [-0.1, -0.05) is 12.5 Å². The SMILES string of the molecule is O=C(O)CC1(c2ccc(-c3cc4ccc(F)cc4s3)s2)CCCCS1(=O)=O. The van der Waals surface area contributed by atoms with Crippen molar-refractivity contribution >= 4 is 48.6 Å². The van der Waals surface area contributed by atoms with Crippen molar-refractivity contribution in [3.05, 3.63) is 47.1 Å². The fraction of sp³-hybridized carbons (Fsp3) is 0.316. The van der Waals surface area contributed by atoms with Crippen LogP contribution in [-0.2, 0) is 19.4 Å². The molecule has 0 radical (unpaired) electrons. The molecule has 0 amide bonds. The molecule has 1 fully saturated rings. The number of thiophene rings is 2. The molecule has 1 N–H and O–H groups in total. The molecule has 4 nitrogen and oxygen atoms in total. The fourth-order valence-electron chi connectivity index (χ4n) is 3.70. The first-order valence-electron chi connectivity index (χ1n) is 8.55. The lowest BCUT2D eigenvalue weighted by molar-refractivity contribution is -0.137. The van der Waals surface area contributed by atoms with Crippen molar-refractivity contribution in [3.8, 4) is 9.75 Å². The van der Waals surface area contributed by atoms with Gasteiger partial charge in [-0.25, -0.2) is 12.8 Å². The minimum Gasteiger partial charge on any atom is -0.481 e. The average molecular weight is 425 g/mol. The van der Waals surface area contributed by atoms with Crippen LogP contribution >= 0.6 is 22.7 Å². The van der Waals surface area contributed by atoms with Gasteiger partial charge in [-0.3, -0.25) is 4.79 Å². The van der Waals surface area contributed by atoms with Gasteiger partial charge >= 0.3 is 5.97 Å². The van der Waals surface area contributed by atoms with Gasteiger partial charge in [0.15, 0.2) is 9.84 Å². The third-order valence-corrected chi connectivity index (χ3v) is 10.4. The van der Waals surface area contributed by atoms with E-state index in [0.29, 0.717) is 24.1 Å². The summed E-state index contributed by atoms with van der Waals surface area (Å²) in [5.74, 6) is -1.38. The number of benzene rings is 1. The second-order valence-corrected chi connectivity index (χ2v) is 11.4. The number of aliphatic carboxylic acids is 1. The Hall–Kier alpha value is -1.77. The summed E-state index contributed by atoms with van der Waals surface area (Å²) in [6.45, 7) is 0. The fourth-order valence-corrected chi connectivity index (χ4v) is 8.64. The van der Waals surface area contributed by atoms with E-state index in [4.69, 9.17) is 0 Å². The number of halogens is 1. The van der Waals surface area contributed by atoms with E-state index in [2.05, 4.69) is 0 Å². The van der Waals surface area contributed by atoms with Crippen molar-refractivity contribution in [2.75, 3.05) is 5.75 Å². The normalized spacial score (nSPS) is 22.1. The van der Waals surface area contributed by atoms with Crippen molar-refractivity contribution in [1.82, 2.24) is 0 Å². The van der Waals surface area contributed by atoms with Gasteiger partial charge in [0, 0.05) is 19.3 Å². The molecule has 0 aliphatic carbocycles. The van der Waals surface area contributed by atoms with E-state index in [0.717, 1.165) is 19.8 Å². The highest BCUT2D eigenvalue weighted by Gasteiger charge is 2.49. The summed E-state index contributed by atoms with van der Waals surface area (Å²) in [6.07, 6.45) is 1.19. The zero-order valence-corrected chi connectivity index (χ0v) is 16.7. The summed E-state index contributed by atoms with van der Waals surface area (Å²) in [7, 11) is -3.55. The molecule has 0 spiro atoms. The number of carboxylic acids is 1. The second-order valence-electron chi connectivity index (χ2n) is 6.80. The first-order valence-corrected chi connectivity index (χ1v) is 11.8. The minimum absolute atomic E-state index is 0.0235. The third kappa shape index (κ3) is 3.19. The van der Waals surface area contributed by atoms with Gasteiger partial charge in [-0.05, 0) is 48.6 Å². The summed E-state index contributed by atoms with van der Waals surface area (Å²) < 4.78 is 38.7. The molecule has 27 heavy (non-hydrogen) atoms. The van der Waals surface area contributed by atoms with Gasteiger partial charge in [-0.2, -0.15) is 0 Å². The molecule has 3 aromatic rings. The predicted molar refractivity (Wildman–Crippen MR) is 107 cm³/mol. The highest BCUT2D eigenvalue weighted by Crippen LogP contribution is 2.48. The van der Waals surface area contributed by atoms with E-state index in [1.165, 1.54) is 34.8 Å². The van der Waals surface area contributed by atoms with Crippen LogP contribution in [0.15, 0.2) is 36.4 Å². The predicted octanol–water partition coefficient (Wildman–Crippen LogP) is 5.04. The van der Waals surface area contributed by atoms with Gasteiger partial charge in [-0.15, -0.1) is 22.7 Å². The van der Waals surface area contributed by atoms with Crippen molar-refractivity contribution in [2.45, 2.75) is 30.4 Å². The first kappa shape index (κ1) is 18.6. The smallest absolute Gasteiger partial charge is 0.305 e. The second kappa shape index (κ2) is 6.68. The molecular formula is C19H17FO4S3. The van der Waals surface area contributed by atoms with Crippen LogP contribution in [0.1, 0.15) is 30.6 Å². The van der Waals surface area contributed by atoms with Gasteiger partial charge < -0.3 is 5.11 Å². The van der Waals surface area contributed by atoms with Gasteiger partial charge in [0.25, 0.3) is 0 Å². The molecule has 1 aliphatic rings. The Kier molecular flexibility index (Phi) is 4.60. The molecule has 142 valence electrons. The Morgan fingerprint density at radius 3 is 2.67 bits per heavy atom. The minimum atomic E-state index is -3.55. The number of fused-ring (bicyclic) bond motifs is 1. The number of hydrogen-bond donors (Lipinski definition) is 1. The van der Waals surface area contributed by atoms with E-state index < -0.39 is 27.0 Å². The summed E-state index contributed by atoms with van der Waals surface area (Å²) in [6, 6.07) is 10.2. The van der Waals surface area contributed by atoms with E-state index >= 15 is 0 Å². The summed E-state index contributed by atoms with van der Waals surface area (Å²) in [5.41, 5.74) is 0. The summed E-state index contributed by atoms with van der Waals surface area (Å²) in [4.78, 5) is 13.8. The molecule has 3 heterocycles. The molecule has 2 aromatic heterocycles. The van der Waals surface area contributed by atoms with Crippen LogP contribution in [0.4, 0.5) is 4.39 Å². The summed E-state index contributed by atoms with van der Waals surface area (Å²) in [5, 5.41) is 10.3. The Morgan fingerprint density at radius 2 is 1.93 bits per heavy atom. The van der Waals surface area contributed by atoms with Crippen molar-refractivity contribution in [1.29, 1.82) is 0 Å². The zero-order valence-electron chi connectivity index (χ0n) is 14.3. The molecule has 0 saturated carbocycles. The largest absolute Gasteiger partial charge is 0.481 e. The van der Waals surface area contributed by atoms with Gasteiger partial charge in [0.2, 0.25) is 0 Å². The van der Waals surface area contributed by atoms with Crippen LogP contribution in [0, 0.1) is 5.82 Å². The van der Waals surface area contributed by atoms with Crippen molar-refractivity contribution in [3.63, 3.8) is 0 Å². The number of sulfone groups is 1. The molecule has 4 rings (SSSR count). The molecule has 1 atom stereocenters. The standard InChI is InChI=1S/C19H17FO4S3/c20-13-4-3-12-9-16(25-15(12)10-13)14-5-6-17(26-14)19(11-18(21)22)7-1-2-8-27(19,23)24/h3-6,9-10H,1-2,7-8,11H2,(H,21,22). The number of carboxylic acid groups (broad SMARTS) is 1. The Bertz CT molecular complexity index is 1130. The Labute approximate surface area is 164 Å². The monoisotopic (exact) mass is 424 g/mol. The van der Waals surface area contributed by atoms with Gasteiger partial charge in [0.1, 0.15) is 10.6 Å². The maximum Gasteiger partial charge on any atom is 0.305 e. The maximum atomic E-state index is 13.4. The average Bonchev–Trinajstić information content (AvgIpc) is 3.22. The van der Waals surface area contributed by atoms with Crippen LogP contribution < -0.4 is 0 Å². The number of carbonyl (C=O) groups is 1. The molecular weight excluding hydrogens is 407 g/mol.